The van der Waals surface area contributed by atoms with Crippen molar-refractivity contribution in [2.24, 2.45) is 0 Å². The molecule has 0 radical (unpaired) electrons. The Kier molecular flexibility index (Phi) is 5.03. The Morgan fingerprint density at radius 1 is 1.22 bits per heavy atom. The molecule has 0 bridgehead atoms. The van der Waals surface area contributed by atoms with Crippen LogP contribution in [0, 0.1) is 12.7 Å². The molecule has 10 heteroatoms. The number of carbonyl (C=O) groups excluding carboxylic acids is 1. The van der Waals surface area contributed by atoms with E-state index in [9.17, 15) is 22.4 Å². The molecule has 2 N–H and O–H groups in total. The summed E-state index contributed by atoms with van der Waals surface area (Å²) in [6, 6.07) is 4.13. The van der Waals surface area contributed by atoms with E-state index in [-0.39, 0.29) is 27.7 Å². The number of carboxylic acids is 1. The highest BCUT2D eigenvalue weighted by Gasteiger charge is 2.31. The van der Waals surface area contributed by atoms with Gasteiger partial charge in [0.2, 0.25) is 10.0 Å². The monoisotopic (exact) mass is 396 g/mol. The zero-order valence-corrected chi connectivity index (χ0v) is 15.2. The summed E-state index contributed by atoms with van der Waals surface area (Å²) < 4.78 is 45.8. The van der Waals surface area contributed by atoms with Crippen LogP contribution in [0.4, 0.5) is 10.1 Å². The highest BCUT2D eigenvalue weighted by molar-refractivity contribution is 7.89. The zero-order chi connectivity index (χ0) is 19.8. The number of amides is 1. The molecule has 0 atom stereocenters. The smallest absolute Gasteiger partial charge is 0.335 e. The standard InChI is InChI=1S/C17H17FN2O6S/c1-10-15(27(24,25)20-6-2-3-7-20)9-14(26-10)16(21)19-13-5-4-11(17(22)23)8-12(13)18/h4-5,8-9H,2-3,6-7H2,1H3,(H,19,21)(H,22,23). The third kappa shape index (κ3) is 3.71. The van der Waals surface area contributed by atoms with Crippen LogP contribution >= 0.6 is 0 Å². The van der Waals surface area contributed by atoms with Crippen molar-refractivity contribution in [1.82, 2.24) is 4.31 Å². The van der Waals surface area contributed by atoms with E-state index in [2.05, 4.69) is 5.32 Å². The summed E-state index contributed by atoms with van der Waals surface area (Å²) in [5, 5.41) is 11.1. The second-order valence-electron chi connectivity index (χ2n) is 6.10. The van der Waals surface area contributed by atoms with Crippen molar-refractivity contribution >= 4 is 27.6 Å². The van der Waals surface area contributed by atoms with Gasteiger partial charge in [-0.2, -0.15) is 4.31 Å². The Balaban J connectivity index is 1.83. The van der Waals surface area contributed by atoms with Gasteiger partial charge in [-0.25, -0.2) is 17.6 Å². The Labute approximate surface area is 154 Å². The average molecular weight is 396 g/mol. The number of anilines is 1. The summed E-state index contributed by atoms with van der Waals surface area (Å²) in [6.45, 7) is 2.26. The molecule has 0 saturated carbocycles. The molecule has 1 fully saturated rings. The number of aromatic carboxylic acids is 1. The molecule has 1 aliphatic rings. The molecule has 1 saturated heterocycles. The number of benzene rings is 1. The predicted octanol–water partition coefficient (Wildman–Crippen LogP) is 2.46. The van der Waals surface area contributed by atoms with Crippen LogP contribution in [0.25, 0.3) is 0 Å². The van der Waals surface area contributed by atoms with E-state index in [1.54, 1.807) is 0 Å². The Hall–Kier alpha value is -2.72. The van der Waals surface area contributed by atoms with Gasteiger partial charge in [0.1, 0.15) is 16.5 Å². The lowest BCUT2D eigenvalue weighted by atomic mass is 10.2. The highest BCUT2D eigenvalue weighted by Crippen LogP contribution is 2.27. The van der Waals surface area contributed by atoms with Crippen molar-refractivity contribution in [1.29, 1.82) is 0 Å². The Morgan fingerprint density at radius 3 is 2.48 bits per heavy atom. The lowest BCUT2D eigenvalue weighted by molar-refractivity contribution is 0.0696. The van der Waals surface area contributed by atoms with E-state index in [4.69, 9.17) is 9.52 Å². The topological polar surface area (TPSA) is 117 Å². The number of hydrogen-bond acceptors (Lipinski definition) is 5. The second-order valence-corrected chi connectivity index (χ2v) is 8.00. The molecule has 1 amide bonds. The molecular weight excluding hydrogens is 379 g/mol. The molecule has 8 nitrogen and oxygen atoms in total. The number of furan rings is 1. The van der Waals surface area contributed by atoms with Crippen LogP contribution in [-0.2, 0) is 10.0 Å². The molecule has 144 valence electrons. The summed E-state index contributed by atoms with van der Waals surface area (Å²) in [5.74, 6) is -3.30. The van der Waals surface area contributed by atoms with E-state index in [1.165, 1.54) is 11.2 Å². The minimum Gasteiger partial charge on any atom is -0.478 e. The number of nitrogens with zero attached hydrogens (tertiary/aromatic N) is 1. The van der Waals surface area contributed by atoms with Gasteiger partial charge in [0, 0.05) is 19.2 Å². The molecule has 2 aromatic rings. The van der Waals surface area contributed by atoms with Gasteiger partial charge < -0.3 is 14.8 Å². The van der Waals surface area contributed by atoms with E-state index < -0.39 is 27.7 Å². The van der Waals surface area contributed by atoms with Gasteiger partial charge in [-0.15, -0.1) is 0 Å². The summed E-state index contributed by atoms with van der Waals surface area (Å²) in [7, 11) is -3.76. The number of nitrogens with one attached hydrogen (secondary N) is 1. The van der Waals surface area contributed by atoms with Crippen LogP contribution in [0.15, 0.2) is 33.6 Å². The molecule has 2 heterocycles. The normalized spacial score (nSPS) is 15.0. The average Bonchev–Trinajstić information content (AvgIpc) is 3.26. The van der Waals surface area contributed by atoms with Crippen LogP contribution in [0.5, 0.6) is 0 Å². The van der Waals surface area contributed by atoms with Crippen molar-refractivity contribution in [3.05, 3.63) is 47.2 Å². The summed E-state index contributed by atoms with van der Waals surface area (Å²) in [6.07, 6.45) is 1.55. The first-order valence-electron chi connectivity index (χ1n) is 8.15. The van der Waals surface area contributed by atoms with Crippen LogP contribution in [0.3, 0.4) is 0 Å². The summed E-state index contributed by atoms with van der Waals surface area (Å²) in [4.78, 5) is 23.0. The maximum Gasteiger partial charge on any atom is 0.335 e. The van der Waals surface area contributed by atoms with Crippen LogP contribution in [0.2, 0.25) is 0 Å². The fourth-order valence-electron chi connectivity index (χ4n) is 2.83. The number of carboxylic acid groups (broad SMARTS) is 1. The maximum atomic E-state index is 14.0. The van der Waals surface area contributed by atoms with Gasteiger partial charge in [0.25, 0.3) is 5.91 Å². The minimum atomic E-state index is -3.76. The molecule has 1 aromatic carbocycles. The van der Waals surface area contributed by atoms with Crippen molar-refractivity contribution < 1.29 is 31.9 Å². The molecule has 27 heavy (non-hydrogen) atoms. The summed E-state index contributed by atoms with van der Waals surface area (Å²) >= 11 is 0. The van der Waals surface area contributed by atoms with Gasteiger partial charge in [-0.3, -0.25) is 4.79 Å². The number of carbonyl (C=O) groups is 2. The van der Waals surface area contributed by atoms with E-state index in [0.717, 1.165) is 37.1 Å². The van der Waals surface area contributed by atoms with Crippen LogP contribution in [0.1, 0.15) is 39.5 Å². The Morgan fingerprint density at radius 2 is 1.89 bits per heavy atom. The van der Waals surface area contributed by atoms with Gasteiger partial charge >= 0.3 is 5.97 Å². The van der Waals surface area contributed by atoms with Crippen molar-refractivity contribution in [2.45, 2.75) is 24.7 Å². The molecule has 0 unspecified atom stereocenters. The SMILES string of the molecule is Cc1oc(C(=O)Nc2ccc(C(=O)O)cc2F)cc1S(=O)(=O)N1CCCC1. The quantitative estimate of drug-likeness (QED) is 0.802. The molecule has 1 aromatic heterocycles. The minimum absolute atomic E-state index is 0.0637. The van der Waals surface area contributed by atoms with Crippen molar-refractivity contribution in [2.75, 3.05) is 18.4 Å². The molecule has 3 rings (SSSR count). The van der Waals surface area contributed by atoms with Gasteiger partial charge in [-0.05, 0) is 38.0 Å². The summed E-state index contributed by atoms with van der Waals surface area (Å²) in [5.41, 5.74) is -0.513. The molecule has 1 aliphatic heterocycles. The van der Waals surface area contributed by atoms with Crippen molar-refractivity contribution in [3.8, 4) is 0 Å². The maximum absolute atomic E-state index is 14.0. The van der Waals surface area contributed by atoms with Gasteiger partial charge in [0.05, 0.1) is 11.3 Å². The lowest BCUT2D eigenvalue weighted by Crippen LogP contribution is -2.28. The van der Waals surface area contributed by atoms with Gasteiger partial charge in [0.15, 0.2) is 5.76 Å². The fourth-order valence-corrected chi connectivity index (χ4v) is 4.51. The molecular formula is C17H17FN2O6S. The molecule has 0 aliphatic carbocycles. The van der Waals surface area contributed by atoms with Gasteiger partial charge in [-0.1, -0.05) is 0 Å². The number of hydrogen-bond donors (Lipinski definition) is 2. The first-order chi connectivity index (χ1) is 12.7. The van der Waals surface area contributed by atoms with Crippen LogP contribution in [-0.4, -0.2) is 42.8 Å². The van der Waals surface area contributed by atoms with E-state index in [0.29, 0.717) is 13.1 Å². The van der Waals surface area contributed by atoms with E-state index >= 15 is 0 Å². The Bertz CT molecular complexity index is 1010. The second kappa shape index (κ2) is 7.12. The third-order valence-corrected chi connectivity index (χ3v) is 6.25. The predicted molar refractivity (Wildman–Crippen MR) is 92.8 cm³/mol. The fraction of sp³-hybridized carbons (Fsp3) is 0.294. The lowest BCUT2D eigenvalue weighted by Gasteiger charge is -2.14. The number of rotatable bonds is 5. The number of halogens is 1. The van der Waals surface area contributed by atoms with Crippen LogP contribution < -0.4 is 5.32 Å². The number of aryl methyl sites for hydroxylation is 1. The first kappa shape index (κ1) is 19.1. The largest absolute Gasteiger partial charge is 0.478 e. The van der Waals surface area contributed by atoms with E-state index in [1.807, 2.05) is 0 Å². The van der Waals surface area contributed by atoms with Crippen molar-refractivity contribution in [3.63, 3.8) is 0 Å². The third-order valence-electron chi connectivity index (χ3n) is 4.24. The zero-order valence-electron chi connectivity index (χ0n) is 14.4. The first-order valence-corrected chi connectivity index (χ1v) is 9.59. The molecule has 0 spiro atoms. The highest BCUT2D eigenvalue weighted by atomic mass is 32.2. The number of sulfonamides is 1.